The predicted octanol–water partition coefficient (Wildman–Crippen LogP) is 5.76. The van der Waals surface area contributed by atoms with Gasteiger partial charge in [0.2, 0.25) is 0 Å². The molecule has 2 nitrogen and oxygen atoms in total. The Hall–Kier alpha value is -2.09. The fourth-order valence-corrected chi connectivity index (χ4v) is 4.12. The highest BCUT2D eigenvalue weighted by Crippen LogP contribution is 2.31. The molecular formula is C24H32N2. The summed E-state index contributed by atoms with van der Waals surface area (Å²) in [5.41, 5.74) is 5.49. The average Bonchev–Trinajstić information content (AvgIpc) is 2.68. The van der Waals surface area contributed by atoms with Gasteiger partial charge < -0.3 is 4.90 Å². The summed E-state index contributed by atoms with van der Waals surface area (Å²) in [5, 5.41) is 0. The van der Waals surface area contributed by atoms with Crippen molar-refractivity contribution in [3.8, 4) is 0 Å². The first-order chi connectivity index (χ1) is 12.6. The maximum atomic E-state index is 4.66. The fourth-order valence-electron chi connectivity index (χ4n) is 4.12. The molecule has 0 spiro atoms. The standard InChI is InChI=1S/C24H32N2/c1-5-16-26-17-6-7-23(24(26)25-4)22-14-12-21(13-15-22)19(3)20-10-8-18(2)9-11-20/h8-15,19,23H,5-7,16-17H2,1-4H3. The summed E-state index contributed by atoms with van der Waals surface area (Å²) in [6, 6.07) is 18.2. The molecule has 0 radical (unpaired) electrons. The quantitative estimate of drug-likeness (QED) is 0.670. The highest BCUT2D eigenvalue weighted by molar-refractivity contribution is 5.89. The number of aryl methyl sites for hydroxylation is 1. The van der Waals surface area contributed by atoms with Crippen LogP contribution in [-0.4, -0.2) is 30.9 Å². The summed E-state index contributed by atoms with van der Waals surface area (Å²) in [4.78, 5) is 7.14. The molecule has 2 heteroatoms. The molecule has 1 saturated heterocycles. The minimum atomic E-state index is 0.423. The Bertz CT molecular complexity index is 726. The number of piperidine rings is 1. The summed E-state index contributed by atoms with van der Waals surface area (Å²) >= 11 is 0. The highest BCUT2D eigenvalue weighted by atomic mass is 15.2. The summed E-state index contributed by atoms with van der Waals surface area (Å²) in [6.07, 6.45) is 3.64. The summed E-state index contributed by atoms with van der Waals surface area (Å²) in [7, 11) is 1.95. The molecule has 2 unspecified atom stereocenters. The second kappa shape index (κ2) is 8.53. The largest absolute Gasteiger partial charge is 0.360 e. The Morgan fingerprint density at radius 1 is 1.04 bits per heavy atom. The molecule has 0 bridgehead atoms. The van der Waals surface area contributed by atoms with Gasteiger partial charge in [-0.2, -0.15) is 0 Å². The van der Waals surface area contributed by atoms with Gasteiger partial charge in [0.1, 0.15) is 5.84 Å². The smallest absolute Gasteiger partial charge is 0.106 e. The Labute approximate surface area is 159 Å². The first kappa shape index (κ1) is 18.7. The summed E-state index contributed by atoms with van der Waals surface area (Å²) < 4.78 is 0. The SMILES string of the molecule is CCCN1CCCC(c2ccc(C(C)c3ccc(C)cc3)cc2)C1=NC. The number of hydrogen-bond donors (Lipinski definition) is 0. The van der Waals surface area contributed by atoms with Crippen molar-refractivity contribution in [1.29, 1.82) is 0 Å². The van der Waals surface area contributed by atoms with Crippen LogP contribution in [0.4, 0.5) is 0 Å². The third-order valence-corrected chi connectivity index (χ3v) is 5.70. The lowest BCUT2D eigenvalue weighted by molar-refractivity contribution is 0.355. The van der Waals surface area contributed by atoms with Gasteiger partial charge in [-0.15, -0.1) is 0 Å². The zero-order valence-electron chi connectivity index (χ0n) is 16.7. The zero-order chi connectivity index (χ0) is 18.5. The number of nitrogens with zero attached hydrogens (tertiary/aromatic N) is 2. The molecular weight excluding hydrogens is 316 g/mol. The van der Waals surface area contributed by atoms with E-state index in [9.17, 15) is 0 Å². The molecule has 26 heavy (non-hydrogen) atoms. The van der Waals surface area contributed by atoms with Crippen LogP contribution in [-0.2, 0) is 0 Å². The molecule has 0 amide bonds. The maximum absolute atomic E-state index is 4.66. The molecule has 1 heterocycles. The van der Waals surface area contributed by atoms with Crippen molar-refractivity contribution in [2.24, 2.45) is 4.99 Å². The van der Waals surface area contributed by atoms with E-state index < -0.39 is 0 Å². The van der Waals surface area contributed by atoms with Crippen LogP contribution in [0.1, 0.15) is 67.2 Å². The Morgan fingerprint density at radius 2 is 1.65 bits per heavy atom. The van der Waals surface area contributed by atoms with Crippen LogP contribution in [0.25, 0.3) is 0 Å². The monoisotopic (exact) mass is 348 g/mol. The Balaban J connectivity index is 1.79. The first-order valence-electron chi connectivity index (χ1n) is 10.0. The topological polar surface area (TPSA) is 15.6 Å². The summed E-state index contributed by atoms with van der Waals surface area (Å²) in [5.74, 6) is 2.15. The number of amidine groups is 1. The van der Waals surface area contributed by atoms with E-state index in [1.165, 1.54) is 47.4 Å². The molecule has 1 fully saturated rings. The lowest BCUT2D eigenvalue weighted by Gasteiger charge is -2.36. The second-order valence-corrected chi connectivity index (χ2v) is 7.56. The zero-order valence-corrected chi connectivity index (χ0v) is 16.7. The molecule has 0 aromatic heterocycles. The molecule has 138 valence electrons. The Morgan fingerprint density at radius 3 is 2.23 bits per heavy atom. The van der Waals surface area contributed by atoms with Crippen LogP contribution in [0, 0.1) is 6.92 Å². The number of likely N-dealkylation sites (tertiary alicyclic amines) is 1. The van der Waals surface area contributed by atoms with Crippen LogP contribution in [0.15, 0.2) is 53.5 Å². The lowest BCUT2D eigenvalue weighted by atomic mass is 9.86. The van der Waals surface area contributed by atoms with Crippen molar-refractivity contribution < 1.29 is 0 Å². The van der Waals surface area contributed by atoms with Crippen molar-refractivity contribution in [2.45, 2.75) is 51.9 Å². The minimum Gasteiger partial charge on any atom is -0.360 e. The van der Waals surface area contributed by atoms with Crippen LogP contribution in [0.5, 0.6) is 0 Å². The number of rotatable bonds is 5. The average molecular weight is 349 g/mol. The molecule has 0 aliphatic carbocycles. The van der Waals surface area contributed by atoms with Crippen LogP contribution < -0.4 is 0 Å². The molecule has 0 N–H and O–H groups in total. The van der Waals surface area contributed by atoms with Crippen molar-refractivity contribution >= 4 is 5.84 Å². The van der Waals surface area contributed by atoms with E-state index in [0.29, 0.717) is 11.8 Å². The van der Waals surface area contributed by atoms with Crippen LogP contribution in [0.2, 0.25) is 0 Å². The van der Waals surface area contributed by atoms with Gasteiger partial charge in [-0.1, -0.05) is 67.9 Å². The van der Waals surface area contributed by atoms with Gasteiger partial charge in [-0.3, -0.25) is 4.99 Å². The molecule has 2 aromatic carbocycles. The van der Waals surface area contributed by atoms with Crippen molar-refractivity contribution in [3.63, 3.8) is 0 Å². The van der Waals surface area contributed by atoms with E-state index >= 15 is 0 Å². The maximum Gasteiger partial charge on any atom is 0.106 e. The van der Waals surface area contributed by atoms with Crippen molar-refractivity contribution in [2.75, 3.05) is 20.1 Å². The van der Waals surface area contributed by atoms with Gasteiger partial charge in [-0.25, -0.2) is 0 Å². The normalized spacial score (nSPS) is 20.4. The van der Waals surface area contributed by atoms with Gasteiger partial charge in [0.05, 0.1) is 0 Å². The fraction of sp³-hybridized carbons (Fsp3) is 0.458. The molecule has 2 aromatic rings. The molecule has 1 aliphatic rings. The first-order valence-corrected chi connectivity index (χ1v) is 10.0. The van der Waals surface area contributed by atoms with E-state index in [1.807, 2.05) is 7.05 Å². The van der Waals surface area contributed by atoms with Gasteiger partial charge in [0, 0.05) is 32.0 Å². The molecule has 2 atom stereocenters. The number of benzene rings is 2. The van der Waals surface area contributed by atoms with Gasteiger partial charge in [0.15, 0.2) is 0 Å². The minimum absolute atomic E-state index is 0.423. The van der Waals surface area contributed by atoms with Gasteiger partial charge >= 0.3 is 0 Å². The Kier molecular flexibility index (Phi) is 6.13. The summed E-state index contributed by atoms with van der Waals surface area (Å²) in [6.45, 7) is 8.95. The predicted molar refractivity (Wildman–Crippen MR) is 112 cm³/mol. The third-order valence-electron chi connectivity index (χ3n) is 5.70. The highest BCUT2D eigenvalue weighted by Gasteiger charge is 2.27. The van der Waals surface area contributed by atoms with Gasteiger partial charge in [-0.05, 0) is 42.9 Å². The van der Waals surface area contributed by atoms with Crippen molar-refractivity contribution in [3.05, 3.63) is 70.8 Å². The van der Waals surface area contributed by atoms with Crippen molar-refractivity contribution in [1.82, 2.24) is 4.90 Å². The van der Waals surface area contributed by atoms with E-state index in [1.54, 1.807) is 0 Å². The number of aliphatic imine (C=N–C) groups is 1. The van der Waals surface area contributed by atoms with Crippen LogP contribution >= 0.6 is 0 Å². The van der Waals surface area contributed by atoms with Crippen LogP contribution in [0.3, 0.4) is 0 Å². The molecule has 3 rings (SSSR count). The number of hydrogen-bond acceptors (Lipinski definition) is 1. The van der Waals surface area contributed by atoms with E-state index in [2.05, 4.69) is 79.2 Å². The second-order valence-electron chi connectivity index (χ2n) is 7.56. The van der Waals surface area contributed by atoms with E-state index in [0.717, 1.165) is 13.1 Å². The van der Waals surface area contributed by atoms with E-state index in [-0.39, 0.29) is 0 Å². The van der Waals surface area contributed by atoms with Gasteiger partial charge in [0.25, 0.3) is 0 Å². The van der Waals surface area contributed by atoms with E-state index in [4.69, 9.17) is 0 Å². The third kappa shape index (κ3) is 4.00. The molecule has 0 saturated carbocycles. The molecule has 1 aliphatic heterocycles. The lowest BCUT2D eigenvalue weighted by Crippen LogP contribution is -2.40.